The van der Waals surface area contributed by atoms with E-state index in [0.29, 0.717) is 6.54 Å². The Morgan fingerprint density at radius 2 is 2.22 bits per heavy atom. The number of thiazole rings is 1. The molecule has 2 aromatic heterocycles. The minimum atomic E-state index is -0.331. The second-order valence-corrected chi connectivity index (χ2v) is 6.45. The summed E-state index contributed by atoms with van der Waals surface area (Å²) < 4.78 is 2.14. The van der Waals surface area contributed by atoms with Crippen molar-refractivity contribution in [2.75, 3.05) is 6.54 Å². The van der Waals surface area contributed by atoms with Crippen LogP contribution in [-0.2, 0) is 6.54 Å². The summed E-state index contributed by atoms with van der Waals surface area (Å²) in [5.74, 6) is 0. The van der Waals surface area contributed by atoms with Crippen LogP contribution in [0, 0.1) is 30.6 Å². The van der Waals surface area contributed by atoms with Crippen LogP contribution in [0.5, 0.6) is 0 Å². The third-order valence-electron chi connectivity index (χ3n) is 2.90. The van der Waals surface area contributed by atoms with Crippen molar-refractivity contribution in [1.82, 2.24) is 14.7 Å². The molecule has 0 fully saturated rings. The Morgan fingerprint density at radius 3 is 2.89 bits per heavy atom. The predicted molar refractivity (Wildman–Crippen MR) is 73.6 cm³/mol. The second kappa shape index (κ2) is 4.71. The quantitative estimate of drug-likeness (QED) is 0.921. The summed E-state index contributed by atoms with van der Waals surface area (Å²) in [6.07, 6.45) is 2.12. The number of nitrogens with one attached hydrogen (secondary N) is 1. The van der Waals surface area contributed by atoms with Crippen molar-refractivity contribution in [3.8, 4) is 6.07 Å². The van der Waals surface area contributed by atoms with E-state index in [1.54, 1.807) is 11.3 Å². The molecule has 5 heteroatoms. The van der Waals surface area contributed by atoms with Crippen LogP contribution >= 0.6 is 11.3 Å². The smallest absolute Gasteiger partial charge is 0.194 e. The maximum atomic E-state index is 8.98. The highest BCUT2D eigenvalue weighted by Gasteiger charge is 2.17. The van der Waals surface area contributed by atoms with E-state index in [0.717, 1.165) is 17.2 Å². The van der Waals surface area contributed by atoms with Gasteiger partial charge in [0, 0.05) is 24.2 Å². The molecule has 4 nitrogen and oxygen atoms in total. The predicted octanol–water partition coefficient (Wildman–Crippen LogP) is 2.65. The van der Waals surface area contributed by atoms with E-state index in [1.807, 2.05) is 20.8 Å². The molecule has 0 aliphatic carbocycles. The Labute approximate surface area is 111 Å². The van der Waals surface area contributed by atoms with Gasteiger partial charge in [-0.1, -0.05) is 0 Å². The highest BCUT2D eigenvalue weighted by atomic mass is 32.1. The summed E-state index contributed by atoms with van der Waals surface area (Å²) >= 11 is 1.70. The molecule has 1 N–H and O–H groups in total. The Kier molecular flexibility index (Phi) is 3.42. The molecule has 0 saturated heterocycles. The Bertz CT molecular complexity index is 600. The molecule has 96 valence electrons. The average Bonchev–Trinajstić information content (AvgIpc) is 2.76. The molecule has 18 heavy (non-hydrogen) atoms. The highest BCUT2D eigenvalue weighted by molar-refractivity contribution is 7.17. The highest BCUT2D eigenvalue weighted by Crippen LogP contribution is 2.20. The van der Waals surface area contributed by atoms with Gasteiger partial charge in [-0.05, 0) is 27.7 Å². The van der Waals surface area contributed by atoms with Gasteiger partial charge >= 0.3 is 0 Å². The lowest BCUT2D eigenvalue weighted by Gasteiger charge is -2.15. The number of nitriles is 1. The SMILES string of the molecule is Cc1cn2c(CNCC(C)(C)C#N)c(C)nc2s1. The van der Waals surface area contributed by atoms with E-state index >= 15 is 0 Å². The fourth-order valence-electron chi connectivity index (χ4n) is 1.85. The monoisotopic (exact) mass is 262 g/mol. The van der Waals surface area contributed by atoms with Gasteiger partial charge in [-0.2, -0.15) is 5.26 Å². The number of aryl methyl sites for hydroxylation is 2. The minimum Gasteiger partial charge on any atom is -0.310 e. The van der Waals surface area contributed by atoms with Crippen molar-refractivity contribution in [3.05, 3.63) is 22.5 Å². The lowest BCUT2D eigenvalue weighted by Crippen LogP contribution is -2.28. The molecule has 2 aromatic rings. The van der Waals surface area contributed by atoms with Gasteiger partial charge in [-0.25, -0.2) is 4.98 Å². The van der Waals surface area contributed by atoms with Crippen molar-refractivity contribution in [2.45, 2.75) is 34.2 Å². The Balaban J connectivity index is 2.12. The zero-order valence-corrected chi connectivity index (χ0v) is 12.1. The molecule has 0 unspecified atom stereocenters. The van der Waals surface area contributed by atoms with Crippen LogP contribution in [0.1, 0.15) is 30.1 Å². The summed E-state index contributed by atoms with van der Waals surface area (Å²) in [5, 5.41) is 12.3. The van der Waals surface area contributed by atoms with Crippen LogP contribution in [0.2, 0.25) is 0 Å². The summed E-state index contributed by atoms with van der Waals surface area (Å²) in [6, 6.07) is 2.29. The van der Waals surface area contributed by atoms with Crippen LogP contribution in [-0.4, -0.2) is 15.9 Å². The van der Waals surface area contributed by atoms with E-state index in [4.69, 9.17) is 5.26 Å². The van der Waals surface area contributed by atoms with E-state index in [1.165, 1.54) is 10.6 Å². The van der Waals surface area contributed by atoms with Gasteiger partial charge in [0.25, 0.3) is 0 Å². The summed E-state index contributed by atoms with van der Waals surface area (Å²) in [5.41, 5.74) is 1.91. The van der Waals surface area contributed by atoms with E-state index in [9.17, 15) is 0 Å². The van der Waals surface area contributed by atoms with Gasteiger partial charge in [0.1, 0.15) is 0 Å². The summed E-state index contributed by atoms with van der Waals surface area (Å²) in [4.78, 5) is 6.85. The molecule has 0 amide bonds. The number of rotatable bonds is 4. The third kappa shape index (κ3) is 2.55. The van der Waals surface area contributed by atoms with E-state index in [-0.39, 0.29) is 5.41 Å². The Hall–Kier alpha value is -1.38. The molecule has 0 aliphatic heterocycles. The molecule has 0 aliphatic rings. The fourth-order valence-corrected chi connectivity index (χ4v) is 2.74. The first-order valence-electron chi connectivity index (χ1n) is 5.99. The van der Waals surface area contributed by atoms with Crippen molar-refractivity contribution in [3.63, 3.8) is 0 Å². The molecule has 0 radical (unpaired) electrons. The van der Waals surface area contributed by atoms with Gasteiger partial charge in [-0.15, -0.1) is 11.3 Å². The zero-order valence-electron chi connectivity index (χ0n) is 11.2. The molecule has 2 heterocycles. The average molecular weight is 262 g/mol. The van der Waals surface area contributed by atoms with Crippen LogP contribution in [0.25, 0.3) is 4.96 Å². The van der Waals surface area contributed by atoms with Gasteiger partial charge < -0.3 is 5.32 Å². The molecular weight excluding hydrogens is 244 g/mol. The molecule has 0 atom stereocenters. The fraction of sp³-hybridized carbons (Fsp3) is 0.538. The number of nitrogens with zero attached hydrogens (tertiary/aromatic N) is 3. The van der Waals surface area contributed by atoms with Crippen molar-refractivity contribution >= 4 is 16.3 Å². The number of hydrogen-bond acceptors (Lipinski definition) is 4. The van der Waals surface area contributed by atoms with Crippen molar-refractivity contribution in [2.24, 2.45) is 5.41 Å². The van der Waals surface area contributed by atoms with Gasteiger partial charge in [0.05, 0.1) is 22.9 Å². The number of fused-ring (bicyclic) bond motifs is 1. The van der Waals surface area contributed by atoms with Crippen LogP contribution in [0.4, 0.5) is 0 Å². The normalized spacial score (nSPS) is 11.9. The maximum Gasteiger partial charge on any atom is 0.194 e. The first kappa shape index (κ1) is 13.1. The lowest BCUT2D eigenvalue weighted by molar-refractivity contribution is 0.442. The van der Waals surface area contributed by atoms with Crippen LogP contribution in [0.15, 0.2) is 6.20 Å². The molecular formula is C13H18N4S. The lowest BCUT2D eigenvalue weighted by atomic mass is 9.96. The first-order valence-corrected chi connectivity index (χ1v) is 6.80. The molecule has 0 saturated carbocycles. The van der Waals surface area contributed by atoms with Crippen LogP contribution in [0.3, 0.4) is 0 Å². The van der Waals surface area contributed by atoms with Crippen molar-refractivity contribution in [1.29, 1.82) is 5.26 Å². The molecule has 0 aromatic carbocycles. The molecule has 2 rings (SSSR count). The number of imidazole rings is 1. The number of aromatic nitrogens is 2. The maximum absolute atomic E-state index is 8.98. The van der Waals surface area contributed by atoms with E-state index < -0.39 is 0 Å². The Morgan fingerprint density at radius 1 is 1.50 bits per heavy atom. The van der Waals surface area contributed by atoms with Gasteiger partial charge in [-0.3, -0.25) is 4.40 Å². The third-order valence-corrected chi connectivity index (χ3v) is 3.80. The largest absolute Gasteiger partial charge is 0.310 e. The zero-order chi connectivity index (χ0) is 13.3. The van der Waals surface area contributed by atoms with Crippen LogP contribution < -0.4 is 5.32 Å². The topological polar surface area (TPSA) is 53.1 Å². The summed E-state index contributed by atoms with van der Waals surface area (Å²) in [6.45, 7) is 9.42. The minimum absolute atomic E-state index is 0.331. The second-order valence-electron chi connectivity index (χ2n) is 5.24. The van der Waals surface area contributed by atoms with Crippen molar-refractivity contribution < 1.29 is 0 Å². The van der Waals surface area contributed by atoms with Gasteiger partial charge in [0.2, 0.25) is 0 Å². The first-order chi connectivity index (χ1) is 8.43. The molecule has 0 spiro atoms. The van der Waals surface area contributed by atoms with E-state index in [2.05, 4.69) is 33.9 Å². The molecule has 0 bridgehead atoms. The summed E-state index contributed by atoms with van der Waals surface area (Å²) in [7, 11) is 0. The number of hydrogen-bond donors (Lipinski definition) is 1. The standard InChI is InChI=1S/C13H18N4S/c1-9-6-17-11(10(2)16-12(17)18-9)5-15-8-13(3,4)7-14/h6,15H,5,8H2,1-4H3. The van der Waals surface area contributed by atoms with Gasteiger partial charge in [0.15, 0.2) is 4.96 Å².